The number of hydrogen-bond donors (Lipinski definition) is 1. The van der Waals surface area contributed by atoms with Crippen molar-refractivity contribution in [2.75, 3.05) is 51.9 Å². The van der Waals surface area contributed by atoms with Gasteiger partial charge in [0, 0.05) is 66.8 Å². The number of amides is 2. The minimum absolute atomic E-state index is 0.114. The number of fused-ring (bicyclic) bond motifs is 1. The van der Waals surface area contributed by atoms with Gasteiger partial charge in [-0.2, -0.15) is 0 Å². The molecule has 1 aromatic heterocycles. The second-order valence-corrected chi connectivity index (χ2v) is 13.6. The molecule has 12 nitrogen and oxygen atoms in total. The zero-order valence-electron chi connectivity index (χ0n) is 27.4. The van der Waals surface area contributed by atoms with Gasteiger partial charge in [0.2, 0.25) is 0 Å². The molecule has 2 aromatic carbocycles. The zero-order chi connectivity index (χ0) is 34.9. The van der Waals surface area contributed by atoms with Crippen molar-refractivity contribution in [3.63, 3.8) is 0 Å². The van der Waals surface area contributed by atoms with Crippen molar-refractivity contribution in [3.05, 3.63) is 92.3 Å². The van der Waals surface area contributed by atoms with E-state index in [4.69, 9.17) is 30.8 Å². The van der Waals surface area contributed by atoms with Crippen LogP contribution in [0.3, 0.4) is 0 Å². The van der Waals surface area contributed by atoms with Gasteiger partial charge in [-0.3, -0.25) is 19.6 Å². The molecular formula is C34H36ClFN6O6S. The molecule has 0 saturated carbocycles. The summed E-state index contributed by atoms with van der Waals surface area (Å²) in [5.41, 5.74) is 1.92. The van der Waals surface area contributed by atoms with Crippen LogP contribution in [0.2, 0.25) is 5.02 Å². The van der Waals surface area contributed by atoms with Crippen LogP contribution in [0.15, 0.2) is 70.3 Å². The first kappa shape index (κ1) is 34.5. The maximum Gasteiger partial charge on any atom is 0.338 e. The lowest BCUT2D eigenvalue weighted by molar-refractivity contribution is -0.141. The van der Waals surface area contributed by atoms with E-state index in [1.54, 1.807) is 32.1 Å². The third-order valence-corrected chi connectivity index (χ3v) is 10.2. The summed E-state index contributed by atoms with van der Waals surface area (Å²) >= 11 is 7.91. The van der Waals surface area contributed by atoms with Gasteiger partial charge in [0.1, 0.15) is 17.5 Å². The summed E-state index contributed by atoms with van der Waals surface area (Å²) < 4.78 is 30.3. The quantitative estimate of drug-likeness (QED) is 0.226. The number of ether oxygens (including phenoxy) is 3. The smallest absolute Gasteiger partial charge is 0.338 e. The summed E-state index contributed by atoms with van der Waals surface area (Å²) in [4.78, 5) is 53.3. The number of anilines is 1. The minimum Gasteiger partial charge on any atom is -0.466 e. The van der Waals surface area contributed by atoms with Gasteiger partial charge >= 0.3 is 12.0 Å². The maximum atomic E-state index is 14.1. The number of benzene rings is 2. The molecule has 0 radical (unpaired) electrons. The Morgan fingerprint density at radius 1 is 1.18 bits per heavy atom. The average Bonchev–Trinajstić information content (AvgIpc) is 3.74. The van der Waals surface area contributed by atoms with Gasteiger partial charge in [-0.05, 0) is 43.7 Å². The van der Waals surface area contributed by atoms with Crippen molar-refractivity contribution in [3.8, 4) is 0 Å². The zero-order valence-corrected chi connectivity index (χ0v) is 29.0. The molecule has 0 unspecified atom stereocenters. The molecule has 1 N–H and O–H groups in total. The Kier molecular flexibility index (Phi) is 10.0. The molecule has 258 valence electrons. The van der Waals surface area contributed by atoms with Gasteiger partial charge in [-0.25, -0.2) is 19.0 Å². The lowest BCUT2D eigenvalue weighted by atomic mass is 9.94. The first-order valence-electron chi connectivity index (χ1n) is 15.6. The molecule has 4 heterocycles. The highest BCUT2D eigenvalue weighted by Crippen LogP contribution is 2.38. The van der Waals surface area contributed by atoms with Crippen molar-refractivity contribution < 1.29 is 33.0 Å². The van der Waals surface area contributed by atoms with E-state index in [0.29, 0.717) is 54.8 Å². The first-order valence-corrected chi connectivity index (χ1v) is 16.9. The van der Waals surface area contributed by atoms with Crippen LogP contribution in [0.1, 0.15) is 36.0 Å². The molecule has 3 aliphatic heterocycles. The molecule has 2 amide bonds. The third kappa shape index (κ3) is 6.78. The molecule has 3 atom stereocenters. The fourth-order valence-electron chi connectivity index (χ4n) is 6.60. The molecule has 2 saturated heterocycles. The standard InChI is InChI=1S/C34H36ClFN6O6S/c1-34(2,48-19-43)20-5-8-22(9-6-20)42-17-26-27(18-46-3)40(12-13-41(26)33(42)45)16-25-28(32(44)47-4)29(23-10-7-21(36)15-24(23)35)39-30(38-25)31-37-11-14-49-31/h5-11,14-15,19,26-27,29H,12-13,16-18H2,1-4H3,(H,38,39)/t26-,27-,29+/m1/s1. The van der Waals surface area contributed by atoms with Crippen molar-refractivity contribution in [2.24, 2.45) is 4.99 Å². The molecule has 49 heavy (non-hydrogen) atoms. The molecule has 3 aliphatic rings. The number of halogens is 2. The van der Waals surface area contributed by atoms with Gasteiger partial charge in [0.05, 0.1) is 31.4 Å². The Morgan fingerprint density at radius 3 is 2.61 bits per heavy atom. The van der Waals surface area contributed by atoms with Gasteiger partial charge in [0.15, 0.2) is 10.8 Å². The van der Waals surface area contributed by atoms with Crippen LogP contribution in [0, 0.1) is 5.82 Å². The Balaban J connectivity index is 1.32. The summed E-state index contributed by atoms with van der Waals surface area (Å²) in [6.07, 6.45) is 1.66. The molecule has 0 bridgehead atoms. The van der Waals surface area contributed by atoms with E-state index in [-0.39, 0.29) is 35.3 Å². The van der Waals surface area contributed by atoms with Gasteiger partial charge in [-0.1, -0.05) is 29.8 Å². The van der Waals surface area contributed by atoms with Gasteiger partial charge < -0.3 is 24.4 Å². The summed E-state index contributed by atoms with van der Waals surface area (Å²) in [5.74, 6) is -0.677. The van der Waals surface area contributed by atoms with Crippen molar-refractivity contribution in [2.45, 2.75) is 37.6 Å². The maximum absolute atomic E-state index is 14.1. The highest BCUT2D eigenvalue weighted by molar-refractivity contribution is 7.11. The molecule has 6 rings (SSSR count). The summed E-state index contributed by atoms with van der Waals surface area (Å²) in [7, 11) is 2.91. The number of nitrogens with one attached hydrogen (secondary N) is 1. The third-order valence-electron chi connectivity index (χ3n) is 9.13. The summed E-state index contributed by atoms with van der Waals surface area (Å²) in [5, 5.41) is 5.89. The van der Waals surface area contributed by atoms with Gasteiger partial charge in [0.25, 0.3) is 6.47 Å². The normalized spacial score (nSPS) is 21.3. The fraction of sp³-hybridized carbons (Fsp3) is 0.382. The highest BCUT2D eigenvalue weighted by atomic mass is 35.5. The van der Waals surface area contributed by atoms with E-state index in [1.807, 2.05) is 34.5 Å². The number of amidine groups is 1. The molecule has 15 heteroatoms. The minimum atomic E-state index is -0.897. The molecule has 0 spiro atoms. The predicted octanol–water partition coefficient (Wildman–Crippen LogP) is 4.50. The summed E-state index contributed by atoms with van der Waals surface area (Å²) in [6.45, 7) is 5.95. The number of thiazole rings is 1. The van der Waals surface area contributed by atoms with Crippen LogP contribution < -0.4 is 10.2 Å². The fourth-order valence-corrected chi connectivity index (χ4v) is 7.46. The molecule has 0 aliphatic carbocycles. The number of rotatable bonds is 11. The summed E-state index contributed by atoms with van der Waals surface area (Å²) in [6, 6.07) is 9.91. The number of methoxy groups -OCH3 is 2. The van der Waals surface area contributed by atoms with E-state index in [9.17, 15) is 18.8 Å². The number of carbonyl (C=O) groups excluding carboxylic acids is 3. The average molecular weight is 711 g/mol. The second kappa shape index (κ2) is 14.2. The number of urea groups is 1. The van der Waals surface area contributed by atoms with Crippen LogP contribution in [0.4, 0.5) is 14.9 Å². The van der Waals surface area contributed by atoms with Crippen LogP contribution in [0.5, 0.6) is 0 Å². The highest BCUT2D eigenvalue weighted by Gasteiger charge is 2.47. The van der Waals surface area contributed by atoms with Crippen molar-refractivity contribution in [1.29, 1.82) is 0 Å². The first-order chi connectivity index (χ1) is 23.6. The predicted molar refractivity (Wildman–Crippen MR) is 182 cm³/mol. The van der Waals surface area contributed by atoms with E-state index >= 15 is 0 Å². The largest absolute Gasteiger partial charge is 0.466 e. The van der Waals surface area contributed by atoms with Crippen LogP contribution in [-0.4, -0.2) is 98.2 Å². The van der Waals surface area contributed by atoms with Crippen LogP contribution in [-0.2, 0) is 29.4 Å². The number of carbonyl (C=O) groups is 3. The lowest BCUT2D eigenvalue weighted by Gasteiger charge is -2.44. The van der Waals surface area contributed by atoms with E-state index in [1.165, 1.54) is 36.6 Å². The molecule has 2 fully saturated rings. The Bertz CT molecular complexity index is 1790. The Morgan fingerprint density at radius 2 is 1.96 bits per heavy atom. The number of piperazine rings is 1. The Hall–Kier alpha value is -4.37. The lowest BCUT2D eigenvalue weighted by Crippen LogP contribution is -2.61. The van der Waals surface area contributed by atoms with Crippen molar-refractivity contribution in [1.82, 2.24) is 20.1 Å². The topological polar surface area (TPSA) is 126 Å². The Labute approximate surface area is 292 Å². The number of nitrogens with zero attached hydrogens (tertiary/aromatic N) is 5. The van der Waals surface area contributed by atoms with E-state index < -0.39 is 23.4 Å². The number of esters is 1. The van der Waals surface area contributed by atoms with Crippen LogP contribution >= 0.6 is 22.9 Å². The molecule has 3 aromatic rings. The van der Waals surface area contributed by atoms with Gasteiger partial charge in [-0.15, -0.1) is 11.3 Å². The number of aliphatic imine (C=N–C) groups is 1. The number of aromatic nitrogens is 1. The number of hydrogen-bond acceptors (Lipinski definition) is 11. The molecular weight excluding hydrogens is 675 g/mol. The van der Waals surface area contributed by atoms with E-state index in [0.717, 1.165) is 11.3 Å². The van der Waals surface area contributed by atoms with Crippen molar-refractivity contribution >= 4 is 52.9 Å². The SMILES string of the molecule is COC[C@@H]1[C@H]2CN(c3ccc(C(C)(C)OC=O)cc3)C(=O)N2CCN1CC1=C(C(=O)OC)[C@H](c2ccc(F)cc2Cl)N=C(c2nccs2)N1. The van der Waals surface area contributed by atoms with Crippen LogP contribution in [0.25, 0.3) is 0 Å². The van der Waals surface area contributed by atoms with E-state index in [2.05, 4.69) is 15.2 Å². The monoisotopic (exact) mass is 710 g/mol. The second-order valence-electron chi connectivity index (χ2n) is 12.3.